The molecule has 14 heavy (non-hydrogen) atoms. The van der Waals surface area contributed by atoms with Gasteiger partial charge in [0.25, 0.3) is 5.92 Å². The summed E-state index contributed by atoms with van der Waals surface area (Å²) in [6, 6.07) is 7.98. The monoisotopic (exact) mass is 197 g/mol. The molecule has 1 nitrogen and oxygen atoms in total. The fraction of sp³-hybridized carbons (Fsp3) is 0.455. The maximum atomic E-state index is 13.7. The predicted octanol–water partition coefficient (Wildman–Crippen LogP) is 2.37. The molecule has 2 atom stereocenters. The molecular weight excluding hydrogens is 184 g/mol. The van der Waals surface area contributed by atoms with Crippen LogP contribution >= 0.6 is 0 Å². The lowest BCUT2D eigenvalue weighted by Gasteiger charge is -2.16. The Balaban J connectivity index is 2.17. The Morgan fingerprint density at radius 3 is 2.43 bits per heavy atom. The van der Waals surface area contributed by atoms with E-state index < -0.39 is 11.8 Å². The van der Waals surface area contributed by atoms with Gasteiger partial charge in [-0.1, -0.05) is 30.3 Å². The van der Waals surface area contributed by atoms with E-state index >= 15 is 0 Å². The molecule has 0 aromatic heterocycles. The van der Waals surface area contributed by atoms with Crippen LogP contribution in [-0.4, -0.2) is 6.54 Å². The molecule has 2 rings (SSSR count). The molecule has 3 heteroatoms. The zero-order valence-corrected chi connectivity index (χ0v) is 7.79. The first-order valence-electron chi connectivity index (χ1n) is 4.79. The van der Waals surface area contributed by atoms with Crippen LogP contribution in [0.25, 0.3) is 0 Å². The van der Waals surface area contributed by atoms with Crippen molar-refractivity contribution in [2.24, 2.45) is 17.6 Å². The Labute approximate surface area is 81.9 Å². The summed E-state index contributed by atoms with van der Waals surface area (Å²) in [4.78, 5) is 0. The number of halogens is 2. The molecule has 1 aromatic rings. The molecule has 0 spiro atoms. The fourth-order valence-electron chi connectivity index (χ4n) is 1.83. The SMILES string of the molecule is NCC1CC1C(F)(F)c1ccccc1. The highest BCUT2D eigenvalue weighted by Crippen LogP contribution is 2.53. The van der Waals surface area contributed by atoms with E-state index in [1.54, 1.807) is 18.2 Å². The number of hydrogen-bond donors (Lipinski definition) is 1. The minimum Gasteiger partial charge on any atom is -0.330 e. The molecule has 0 saturated heterocycles. The van der Waals surface area contributed by atoms with Crippen molar-refractivity contribution in [2.75, 3.05) is 6.54 Å². The van der Waals surface area contributed by atoms with E-state index in [1.807, 2.05) is 0 Å². The molecule has 2 unspecified atom stereocenters. The van der Waals surface area contributed by atoms with E-state index in [9.17, 15) is 8.78 Å². The molecule has 0 aliphatic heterocycles. The summed E-state index contributed by atoms with van der Waals surface area (Å²) in [6.45, 7) is 0.368. The predicted molar refractivity (Wildman–Crippen MR) is 51.0 cm³/mol. The van der Waals surface area contributed by atoms with Crippen molar-refractivity contribution in [1.29, 1.82) is 0 Å². The highest BCUT2D eigenvalue weighted by molar-refractivity contribution is 5.23. The van der Waals surface area contributed by atoms with E-state index in [1.165, 1.54) is 12.1 Å². The number of hydrogen-bond acceptors (Lipinski definition) is 1. The first-order valence-corrected chi connectivity index (χ1v) is 4.79. The topological polar surface area (TPSA) is 26.0 Å². The standard InChI is InChI=1S/C11H13F2N/c12-11(13,10-6-8(10)7-14)9-4-2-1-3-5-9/h1-5,8,10H,6-7,14H2. The minimum atomic E-state index is -2.70. The molecule has 2 N–H and O–H groups in total. The van der Waals surface area contributed by atoms with Crippen LogP contribution < -0.4 is 5.73 Å². The quantitative estimate of drug-likeness (QED) is 0.791. The van der Waals surface area contributed by atoms with Crippen molar-refractivity contribution >= 4 is 0 Å². The number of rotatable bonds is 3. The Kier molecular flexibility index (Phi) is 2.27. The second-order valence-electron chi connectivity index (χ2n) is 3.83. The van der Waals surface area contributed by atoms with Gasteiger partial charge < -0.3 is 5.73 Å². The van der Waals surface area contributed by atoms with E-state index in [2.05, 4.69) is 0 Å². The summed E-state index contributed by atoms with van der Waals surface area (Å²) in [7, 11) is 0. The highest BCUT2D eigenvalue weighted by atomic mass is 19.3. The molecule has 0 amide bonds. The van der Waals surface area contributed by atoms with Gasteiger partial charge in [-0.2, -0.15) is 0 Å². The summed E-state index contributed by atoms with van der Waals surface area (Å²) in [5, 5.41) is 0. The van der Waals surface area contributed by atoms with Crippen LogP contribution in [0, 0.1) is 11.8 Å². The Bertz CT molecular complexity index is 310. The maximum Gasteiger partial charge on any atom is 0.276 e. The van der Waals surface area contributed by atoms with Gasteiger partial charge in [-0.3, -0.25) is 0 Å². The molecule has 1 aromatic carbocycles. The summed E-state index contributed by atoms with van der Waals surface area (Å²) in [6.07, 6.45) is 0.554. The lowest BCUT2D eigenvalue weighted by Crippen LogP contribution is -2.19. The summed E-state index contributed by atoms with van der Waals surface area (Å²) >= 11 is 0. The van der Waals surface area contributed by atoms with E-state index in [4.69, 9.17) is 5.73 Å². The van der Waals surface area contributed by atoms with E-state index in [0.717, 1.165) is 0 Å². The van der Waals surface area contributed by atoms with Crippen LogP contribution in [0.1, 0.15) is 12.0 Å². The molecule has 1 aliphatic carbocycles. The minimum absolute atomic E-state index is 0.00482. The fourth-order valence-corrected chi connectivity index (χ4v) is 1.83. The van der Waals surface area contributed by atoms with Gasteiger partial charge in [-0.15, -0.1) is 0 Å². The summed E-state index contributed by atoms with van der Waals surface area (Å²) in [5.41, 5.74) is 5.48. The van der Waals surface area contributed by atoms with Crippen LogP contribution in [0.2, 0.25) is 0 Å². The molecule has 0 radical (unpaired) electrons. The van der Waals surface area contributed by atoms with Crippen LogP contribution in [0.4, 0.5) is 8.78 Å². The van der Waals surface area contributed by atoms with Gasteiger partial charge in [0.15, 0.2) is 0 Å². The zero-order valence-electron chi connectivity index (χ0n) is 7.79. The zero-order chi connectivity index (χ0) is 10.2. The smallest absolute Gasteiger partial charge is 0.276 e. The highest BCUT2D eigenvalue weighted by Gasteiger charge is 2.54. The average Bonchev–Trinajstić information content (AvgIpc) is 2.98. The number of benzene rings is 1. The average molecular weight is 197 g/mol. The largest absolute Gasteiger partial charge is 0.330 e. The molecule has 1 fully saturated rings. The van der Waals surface area contributed by atoms with Crippen LogP contribution in [0.3, 0.4) is 0 Å². The molecule has 0 heterocycles. The van der Waals surface area contributed by atoms with Gasteiger partial charge in [0.1, 0.15) is 0 Å². The van der Waals surface area contributed by atoms with Gasteiger partial charge in [0.2, 0.25) is 0 Å². The van der Waals surface area contributed by atoms with E-state index in [-0.39, 0.29) is 11.5 Å². The normalized spacial score (nSPS) is 26.2. The van der Waals surface area contributed by atoms with Gasteiger partial charge in [0, 0.05) is 11.5 Å². The maximum absolute atomic E-state index is 13.7. The van der Waals surface area contributed by atoms with Crippen molar-refractivity contribution in [2.45, 2.75) is 12.3 Å². The Hall–Kier alpha value is -0.960. The third-order valence-electron chi connectivity index (χ3n) is 2.85. The lowest BCUT2D eigenvalue weighted by atomic mass is 10.0. The second-order valence-corrected chi connectivity index (χ2v) is 3.83. The van der Waals surface area contributed by atoms with Gasteiger partial charge in [-0.05, 0) is 18.9 Å². The third kappa shape index (κ3) is 1.52. The Morgan fingerprint density at radius 1 is 1.29 bits per heavy atom. The summed E-state index contributed by atoms with van der Waals surface area (Å²) in [5.74, 6) is -3.24. The van der Waals surface area contributed by atoms with Crippen molar-refractivity contribution in [3.63, 3.8) is 0 Å². The van der Waals surface area contributed by atoms with Crippen molar-refractivity contribution < 1.29 is 8.78 Å². The number of alkyl halides is 2. The molecule has 76 valence electrons. The molecule has 0 bridgehead atoms. The molecule has 1 saturated carbocycles. The second kappa shape index (κ2) is 3.31. The van der Waals surface area contributed by atoms with Crippen molar-refractivity contribution in [3.05, 3.63) is 35.9 Å². The van der Waals surface area contributed by atoms with Crippen molar-refractivity contribution in [1.82, 2.24) is 0 Å². The third-order valence-corrected chi connectivity index (χ3v) is 2.85. The van der Waals surface area contributed by atoms with Gasteiger partial charge in [-0.25, -0.2) is 8.78 Å². The van der Waals surface area contributed by atoms with Crippen LogP contribution in [0.5, 0.6) is 0 Å². The molecule has 1 aliphatic rings. The van der Waals surface area contributed by atoms with Crippen molar-refractivity contribution in [3.8, 4) is 0 Å². The first kappa shape index (κ1) is 9.59. The lowest BCUT2D eigenvalue weighted by molar-refractivity contribution is -0.0334. The summed E-state index contributed by atoms with van der Waals surface area (Å²) < 4.78 is 27.4. The number of nitrogens with two attached hydrogens (primary N) is 1. The van der Waals surface area contributed by atoms with Gasteiger partial charge in [0.05, 0.1) is 0 Å². The van der Waals surface area contributed by atoms with Crippen LogP contribution in [0.15, 0.2) is 30.3 Å². The van der Waals surface area contributed by atoms with Gasteiger partial charge >= 0.3 is 0 Å². The first-order chi connectivity index (χ1) is 6.66. The molecular formula is C11H13F2N. The Morgan fingerprint density at radius 2 is 1.93 bits per heavy atom. The van der Waals surface area contributed by atoms with Crippen LogP contribution in [-0.2, 0) is 5.92 Å². The van der Waals surface area contributed by atoms with E-state index in [0.29, 0.717) is 13.0 Å².